The molecular weight excluding hydrogens is 294 g/mol. The first-order chi connectivity index (χ1) is 8.14. The number of hydrogen-bond donors (Lipinski definition) is 1. The van der Waals surface area contributed by atoms with Gasteiger partial charge in [-0.15, -0.1) is 0 Å². The minimum Gasteiger partial charge on any atom is -0.483 e. The first-order valence-electron chi connectivity index (χ1n) is 4.40. The highest BCUT2D eigenvalue weighted by atomic mass is 79.9. The molecule has 0 fully saturated rings. The van der Waals surface area contributed by atoms with Crippen LogP contribution in [-0.4, -0.2) is 36.8 Å². The highest BCUT2D eigenvalue weighted by Gasteiger charge is 2.11. The smallest absolute Gasteiger partial charge is 0.356 e. The molecule has 0 spiro atoms. The molecule has 1 aromatic rings. The molecule has 0 aromatic carbocycles. The average Bonchev–Trinajstić information content (AvgIpc) is 2.37. The number of halogens is 1. The summed E-state index contributed by atoms with van der Waals surface area (Å²) < 4.78 is 9.56. The molecule has 1 rings (SSSR count). The molecular formula is C10H12BrNO5. The second-order valence-electron chi connectivity index (χ2n) is 2.60. The summed E-state index contributed by atoms with van der Waals surface area (Å²) >= 11 is 3.29. The number of alkyl halides is 1. The number of aromatic nitrogens is 1. The van der Waals surface area contributed by atoms with Crippen LogP contribution in [0.15, 0.2) is 12.1 Å². The standard InChI is InChI=1S/C9H10BrNO3.CH2O2/c1-13-8-6(5-10)3-4-7(11-8)9(12)14-2;2-1-3/h3-4H,5H2,1-2H3;1H,(H,2,3). The minimum atomic E-state index is -0.468. The first-order valence-corrected chi connectivity index (χ1v) is 5.52. The number of pyridine rings is 1. The van der Waals surface area contributed by atoms with Crippen LogP contribution in [0.4, 0.5) is 0 Å². The molecule has 0 aliphatic carbocycles. The molecule has 0 bridgehead atoms. The summed E-state index contributed by atoms with van der Waals surface area (Å²) in [6, 6.07) is 3.37. The van der Waals surface area contributed by atoms with E-state index in [4.69, 9.17) is 14.6 Å². The Hall–Kier alpha value is -1.63. The molecule has 0 aliphatic heterocycles. The van der Waals surface area contributed by atoms with Gasteiger partial charge in [0.25, 0.3) is 6.47 Å². The van der Waals surface area contributed by atoms with Crippen LogP contribution in [0.5, 0.6) is 5.88 Å². The first kappa shape index (κ1) is 15.4. The fourth-order valence-electron chi connectivity index (χ4n) is 0.966. The van der Waals surface area contributed by atoms with Crippen LogP contribution in [0, 0.1) is 0 Å². The third-order valence-corrected chi connectivity index (χ3v) is 2.28. The molecule has 0 radical (unpaired) electrons. The number of carboxylic acid groups (broad SMARTS) is 1. The molecule has 1 aromatic heterocycles. The summed E-state index contributed by atoms with van der Waals surface area (Å²) in [7, 11) is 2.82. The van der Waals surface area contributed by atoms with Crippen LogP contribution in [0.2, 0.25) is 0 Å². The second-order valence-corrected chi connectivity index (χ2v) is 3.16. The molecule has 0 saturated carbocycles. The van der Waals surface area contributed by atoms with Crippen molar-refractivity contribution in [1.29, 1.82) is 0 Å². The van der Waals surface area contributed by atoms with Gasteiger partial charge in [0.2, 0.25) is 5.88 Å². The van der Waals surface area contributed by atoms with Gasteiger partial charge in [-0.3, -0.25) is 4.79 Å². The molecule has 7 heteroatoms. The van der Waals surface area contributed by atoms with Crippen LogP contribution in [0.3, 0.4) is 0 Å². The normalized spacial score (nSPS) is 8.65. The maximum absolute atomic E-state index is 11.1. The summed E-state index contributed by atoms with van der Waals surface area (Å²) in [5.74, 6) is -0.0332. The van der Waals surface area contributed by atoms with Crippen molar-refractivity contribution in [3.63, 3.8) is 0 Å². The van der Waals surface area contributed by atoms with E-state index in [0.29, 0.717) is 11.2 Å². The SMILES string of the molecule is COC(=O)c1ccc(CBr)c(OC)n1.O=CO. The van der Waals surface area contributed by atoms with E-state index >= 15 is 0 Å². The van der Waals surface area contributed by atoms with Gasteiger partial charge in [0.1, 0.15) is 0 Å². The topological polar surface area (TPSA) is 85.7 Å². The molecule has 0 saturated heterocycles. The molecule has 0 atom stereocenters. The molecule has 1 heterocycles. The Morgan fingerprint density at radius 2 is 2.12 bits per heavy atom. The monoisotopic (exact) mass is 305 g/mol. The Morgan fingerprint density at radius 3 is 2.53 bits per heavy atom. The van der Waals surface area contributed by atoms with Crippen LogP contribution < -0.4 is 4.74 Å². The molecule has 1 N–H and O–H groups in total. The number of carbonyl (C=O) groups is 2. The average molecular weight is 306 g/mol. The number of hydrogen-bond acceptors (Lipinski definition) is 5. The lowest BCUT2D eigenvalue weighted by atomic mass is 10.2. The van der Waals surface area contributed by atoms with Gasteiger partial charge in [-0.05, 0) is 6.07 Å². The second kappa shape index (κ2) is 8.51. The summed E-state index contributed by atoms with van der Waals surface area (Å²) in [5, 5.41) is 7.52. The van der Waals surface area contributed by atoms with Crippen molar-refractivity contribution in [2.24, 2.45) is 0 Å². The number of carbonyl (C=O) groups excluding carboxylic acids is 1. The molecule has 94 valence electrons. The van der Waals surface area contributed by atoms with Gasteiger partial charge in [-0.2, -0.15) is 0 Å². The Bertz CT molecular complexity index is 383. The number of ether oxygens (including phenoxy) is 2. The van der Waals surface area contributed by atoms with Crippen molar-refractivity contribution < 1.29 is 24.2 Å². The van der Waals surface area contributed by atoms with Crippen LogP contribution in [-0.2, 0) is 14.9 Å². The van der Waals surface area contributed by atoms with Crippen LogP contribution >= 0.6 is 15.9 Å². The zero-order valence-electron chi connectivity index (χ0n) is 9.34. The van der Waals surface area contributed by atoms with Gasteiger partial charge in [0.05, 0.1) is 14.2 Å². The van der Waals surface area contributed by atoms with Gasteiger partial charge in [-0.25, -0.2) is 9.78 Å². The lowest BCUT2D eigenvalue weighted by molar-refractivity contribution is -0.122. The van der Waals surface area contributed by atoms with E-state index in [0.717, 1.165) is 5.56 Å². The van der Waals surface area contributed by atoms with Gasteiger partial charge >= 0.3 is 5.97 Å². The highest BCUT2D eigenvalue weighted by molar-refractivity contribution is 9.08. The summed E-state index contributed by atoms with van der Waals surface area (Å²) in [5.41, 5.74) is 1.13. The van der Waals surface area contributed by atoms with E-state index in [1.165, 1.54) is 14.2 Å². The van der Waals surface area contributed by atoms with Crippen LogP contribution in [0.25, 0.3) is 0 Å². The van der Waals surface area contributed by atoms with Crippen molar-refractivity contribution in [3.8, 4) is 5.88 Å². The van der Waals surface area contributed by atoms with Crippen LogP contribution in [0.1, 0.15) is 16.1 Å². The van der Waals surface area contributed by atoms with E-state index < -0.39 is 5.97 Å². The van der Waals surface area contributed by atoms with Crippen molar-refractivity contribution in [2.45, 2.75) is 5.33 Å². The summed E-state index contributed by atoms with van der Waals surface area (Å²) in [6.07, 6.45) is 0. The molecule has 0 amide bonds. The van der Waals surface area contributed by atoms with E-state index in [9.17, 15) is 4.79 Å². The lowest BCUT2D eigenvalue weighted by Crippen LogP contribution is -2.06. The fourth-order valence-corrected chi connectivity index (χ4v) is 1.39. The number of nitrogens with zero attached hydrogens (tertiary/aromatic N) is 1. The van der Waals surface area contributed by atoms with Crippen molar-refractivity contribution >= 4 is 28.4 Å². The van der Waals surface area contributed by atoms with E-state index in [2.05, 4.69) is 25.7 Å². The summed E-state index contributed by atoms with van der Waals surface area (Å²) in [6.45, 7) is -0.250. The van der Waals surface area contributed by atoms with Gasteiger partial charge < -0.3 is 14.6 Å². The summed E-state index contributed by atoms with van der Waals surface area (Å²) in [4.78, 5) is 23.5. The largest absolute Gasteiger partial charge is 0.483 e. The van der Waals surface area contributed by atoms with Crippen molar-refractivity contribution in [3.05, 3.63) is 23.4 Å². The Morgan fingerprint density at radius 1 is 1.53 bits per heavy atom. The van der Waals surface area contributed by atoms with E-state index in [-0.39, 0.29) is 12.2 Å². The lowest BCUT2D eigenvalue weighted by Gasteiger charge is -2.05. The van der Waals surface area contributed by atoms with E-state index in [1.807, 2.05) is 0 Å². The fraction of sp³-hybridized carbons (Fsp3) is 0.300. The van der Waals surface area contributed by atoms with E-state index in [1.54, 1.807) is 12.1 Å². The quantitative estimate of drug-likeness (QED) is 0.517. The maximum atomic E-state index is 11.1. The third kappa shape index (κ3) is 4.81. The molecule has 17 heavy (non-hydrogen) atoms. The van der Waals surface area contributed by atoms with Crippen molar-refractivity contribution in [2.75, 3.05) is 14.2 Å². The van der Waals surface area contributed by atoms with Gasteiger partial charge in [-0.1, -0.05) is 22.0 Å². The highest BCUT2D eigenvalue weighted by Crippen LogP contribution is 2.18. The predicted octanol–water partition coefficient (Wildman–Crippen LogP) is 1.47. The minimum absolute atomic E-state index is 0.244. The third-order valence-electron chi connectivity index (χ3n) is 1.67. The Balaban J connectivity index is 0.000000770. The zero-order chi connectivity index (χ0) is 13.3. The van der Waals surface area contributed by atoms with Gasteiger partial charge in [0.15, 0.2) is 5.69 Å². The number of rotatable bonds is 3. The molecule has 6 nitrogen and oxygen atoms in total. The Labute approximate surface area is 107 Å². The number of esters is 1. The number of methoxy groups -OCH3 is 2. The van der Waals surface area contributed by atoms with Gasteiger partial charge in [0, 0.05) is 10.9 Å². The Kier molecular flexibility index (Phi) is 7.70. The predicted molar refractivity (Wildman–Crippen MR) is 63.5 cm³/mol. The molecule has 0 unspecified atom stereocenters. The zero-order valence-corrected chi connectivity index (χ0v) is 10.9. The maximum Gasteiger partial charge on any atom is 0.356 e. The molecule has 0 aliphatic rings. The van der Waals surface area contributed by atoms with Crippen molar-refractivity contribution in [1.82, 2.24) is 4.98 Å².